The van der Waals surface area contributed by atoms with Crippen LogP contribution in [0, 0.1) is 0 Å². The van der Waals surface area contributed by atoms with E-state index in [0.717, 1.165) is 25.7 Å². The van der Waals surface area contributed by atoms with Crippen molar-refractivity contribution in [3.05, 3.63) is 23.8 Å². The number of ether oxygens (including phenoxy) is 3. The molecule has 1 amide bonds. The Morgan fingerprint density at radius 1 is 1.18 bits per heavy atom. The van der Waals surface area contributed by atoms with Crippen molar-refractivity contribution in [1.82, 2.24) is 0 Å². The molecule has 0 aliphatic rings. The van der Waals surface area contributed by atoms with Crippen molar-refractivity contribution in [3.63, 3.8) is 0 Å². The molecule has 0 fully saturated rings. The second kappa shape index (κ2) is 11.7. The van der Waals surface area contributed by atoms with E-state index in [1.54, 1.807) is 18.2 Å². The van der Waals surface area contributed by atoms with Gasteiger partial charge in [-0.25, -0.2) is 4.79 Å². The zero-order valence-electron chi connectivity index (χ0n) is 18.1. The number of hydrogen-bond donors (Lipinski definition) is 1. The summed E-state index contributed by atoms with van der Waals surface area (Å²) in [6, 6.07) is 4.99. The molecule has 0 spiro atoms. The van der Waals surface area contributed by atoms with Crippen LogP contribution in [0.5, 0.6) is 5.75 Å². The third-order valence-electron chi connectivity index (χ3n) is 4.75. The summed E-state index contributed by atoms with van der Waals surface area (Å²) in [5, 5.41) is 2.88. The first-order valence-corrected chi connectivity index (χ1v) is 10.2. The summed E-state index contributed by atoms with van der Waals surface area (Å²) in [7, 11) is 1.32. The molecular formula is C22H35NO5. The van der Waals surface area contributed by atoms with Gasteiger partial charge in [0.15, 0.2) is 0 Å². The van der Waals surface area contributed by atoms with Crippen LogP contribution in [0.4, 0.5) is 5.69 Å². The maximum atomic E-state index is 12.9. The molecule has 6 heteroatoms. The van der Waals surface area contributed by atoms with Gasteiger partial charge in [0.25, 0.3) is 5.91 Å². The second-order valence-electron chi connectivity index (χ2n) is 7.11. The Morgan fingerprint density at radius 2 is 1.89 bits per heavy atom. The fourth-order valence-corrected chi connectivity index (χ4v) is 2.83. The fraction of sp³-hybridized carbons (Fsp3) is 0.636. The van der Waals surface area contributed by atoms with Crippen molar-refractivity contribution in [2.45, 2.75) is 78.4 Å². The van der Waals surface area contributed by atoms with E-state index in [1.165, 1.54) is 7.11 Å². The van der Waals surface area contributed by atoms with Crippen LogP contribution in [-0.4, -0.2) is 37.3 Å². The first-order valence-electron chi connectivity index (χ1n) is 10.2. The summed E-state index contributed by atoms with van der Waals surface area (Å²) in [6.45, 7) is 10.2. The Morgan fingerprint density at radius 3 is 2.46 bits per heavy atom. The molecule has 0 saturated heterocycles. The maximum Gasteiger partial charge on any atom is 0.341 e. The highest BCUT2D eigenvalue weighted by molar-refractivity contribution is 5.99. The Hall–Kier alpha value is -2.08. The van der Waals surface area contributed by atoms with Gasteiger partial charge in [-0.1, -0.05) is 33.1 Å². The number of hydrogen-bond acceptors (Lipinski definition) is 5. The molecule has 158 valence electrons. The van der Waals surface area contributed by atoms with Gasteiger partial charge in [0.1, 0.15) is 16.9 Å². The molecule has 0 bridgehead atoms. The van der Waals surface area contributed by atoms with Crippen molar-refractivity contribution in [1.29, 1.82) is 0 Å². The Kier molecular flexibility index (Phi) is 10.0. The minimum Gasteiger partial charge on any atom is -0.490 e. The van der Waals surface area contributed by atoms with Gasteiger partial charge in [0.05, 0.1) is 13.2 Å². The number of carbonyl (C=O) groups is 2. The number of esters is 1. The highest BCUT2D eigenvalue weighted by atomic mass is 16.5. The van der Waals surface area contributed by atoms with E-state index < -0.39 is 11.6 Å². The van der Waals surface area contributed by atoms with Crippen molar-refractivity contribution in [2.24, 2.45) is 0 Å². The Labute approximate surface area is 168 Å². The number of nitrogens with one attached hydrogen (secondary N) is 1. The predicted molar refractivity (Wildman–Crippen MR) is 111 cm³/mol. The fourth-order valence-electron chi connectivity index (χ4n) is 2.83. The lowest BCUT2D eigenvalue weighted by Crippen LogP contribution is -2.42. The molecule has 0 saturated carbocycles. The monoisotopic (exact) mass is 393 g/mol. The number of benzene rings is 1. The highest BCUT2D eigenvalue weighted by Gasteiger charge is 2.33. The van der Waals surface area contributed by atoms with Gasteiger partial charge in [0.2, 0.25) is 0 Å². The number of amides is 1. The van der Waals surface area contributed by atoms with Crippen LogP contribution in [-0.2, 0) is 14.3 Å². The predicted octanol–water partition coefficient (Wildman–Crippen LogP) is 4.96. The summed E-state index contributed by atoms with van der Waals surface area (Å²) >= 11 is 0. The molecule has 0 aromatic heterocycles. The number of rotatable bonds is 12. The smallest absolute Gasteiger partial charge is 0.341 e. The molecule has 0 unspecified atom stereocenters. The molecule has 0 radical (unpaired) electrons. The topological polar surface area (TPSA) is 73.9 Å². The molecule has 0 aliphatic heterocycles. The standard InChI is InChI=1S/C22H35NO5/c1-7-10-11-14-22(5,27-9-3)21(25)23-17-12-13-19(28-16(4)8-2)18(15-17)20(24)26-6/h12-13,15-16H,7-11,14H2,1-6H3,(H,23,25)/t16-,22-/m1/s1. The molecule has 6 nitrogen and oxygen atoms in total. The van der Waals surface area contributed by atoms with Gasteiger partial charge in [0, 0.05) is 12.3 Å². The van der Waals surface area contributed by atoms with E-state index in [9.17, 15) is 9.59 Å². The first kappa shape index (κ1) is 24.0. The number of methoxy groups -OCH3 is 1. The van der Waals surface area contributed by atoms with E-state index in [-0.39, 0.29) is 17.6 Å². The van der Waals surface area contributed by atoms with Crippen LogP contribution in [0.1, 0.15) is 77.1 Å². The normalized spacial score (nSPS) is 14.1. The van der Waals surface area contributed by atoms with Crippen molar-refractivity contribution in [3.8, 4) is 5.75 Å². The summed E-state index contributed by atoms with van der Waals surface area (Å²) in [4.78, 5) is 25.1. The third kappa shape index (κ3) is 6.82. The summed E-state index contributed by atoms with van der Waals surface area (Å²) in [5.41, 5.74) is -0.130. The van der Waals surface area contributed by atoms with Crippen LogP contribution in [0.3, 0.4) is 0 Å². The minimum atomic E-state index is -0.915. The van der Waals surface area contributed by atoms with E-state index in [4.69, 9.17) is 14.2 Å². The van der Waals surface area contributed by atoms with E-state index in [0.29, 0.717) is 24.5 Å². The summed E-state index contributed by atoms with van der Waals surface area (Å²) in [5.74, 6) is -0.295. The number of carbonyl (C=O) groups excluding carboxylic acids is 2. The molecule has 1 aromatic carbocycles. The van der Waals surface area contributed by atoms with E-state index in [1.807, 2.05) is 27.7 Å². The molecular weight excluding hydrogens is 358 g/mol. The van der Waals surface area contributed by atoms with Gasteiger partial charge >= 0.3 is 5.97 Å². The van der Waals surface area contributed by atoms with Crippen LogP contribution < -0.4 is 10.1 Å². The lowest BCUT2D eigenvalue weighted by molar-refractivity contribution is -0.139. The highest BCUT2D eigenvalue weighted by Crippen LogP contribution is 2.27. The zero-order valence-corrected chi connectivity index (χ0v) is 18.1. The van der Waals surface area contributed by atoms with Crippen LogP contribution in [0.15, 0.2) is 18.2 Å². The van der Waals surface area contributed by atoms with E-state index in [2.05, 4.69) is 12.2 Å². The van der Waals surface area contributed by atoms with Gasteiger partial charge in [-0.05, 0) is 51.8 Å². The SMILES string of the molecule is CCCCC[C@@](C)(OCC)C(=O)Nc1ccc(O[C@H](C)CC)c(C(=O)OC)c1. The third-order valence-corrected chi connectivity index (χ3v) is 4.75. The molecule has 28 heavy (non-hydrogen) atoms. The summed E-state index contributed by atoms with van der Waals surface area (Å²) < 4.78 is 16.4. The average Bonchev–Trinajstić information content (AvgIpc) is 2.68. The molecule has 0 heterocycles. The number of anilines is 1. The molecule has 1 N–H and O–H groups in total. The average molecular weight is 394 g/mol. The van der Waals surface area contributed by atoms with Crippen molar-refractivity contribution in [2.75, 3.05) is 19.0 Å². The number of unbranched alkanes of at least 4 members (excludes halogenated alkanes) is 2. The van der Waals surface area contributed by atoms with Crippen LogP contribution in [0.25, 0.3) is 0 Å². The van der Waals surface area contributed by atoms with Crippen LogP contribution >= 0.6 is 0 Å². The van der Waals surface area contributed by atoms with Gasteiger partial charge < -0.3 is 19.5 Å². The largest absolute Gasteiger partial charge is 0.490 e. The lowest BCUT2D eigenvalue weighted by Gasteiger charge is -2.28. The van der Waals surface area contributed by atoms with Gasteiger partial charge in [-0.3, -0.25) is 4.79 Å². The van der Waals surface area contributed by atoms with Crippen molar-refractivity contribution >= 4 is 17.6 Å². The molecule has 2 atom stereocenters. The second-order valence-corrected chi connectivity index (χ2v) is 7.11. The lowest BCUT2D eigenvalue weighted by atomic mass is 9.96. The molecule has 1 aromatic rings. The zero-order chi connectivity index (χ0) is 21.2. The maximum absolute atomic E-state index is 12.9. The van der Waals surface area contributed by atoms with Gasteiger partial charge in [-0.15, -0.1) is 0 Å². The molecule has 0 aliphatic carbocycles. The Balaban J connectivity index is 3.05. The molecule has 1 rings (SSSR count). The Bertz CT molecular complexity index is 646. The summed E-state index contributed by atoms with van der Waals surface area (Å²) in [6.07, 6.45) is 4.44. The first-order chi connectivity index (χ1) is 13.3. The van der Waals surface area contributed by atoms with Crippen molar-refractivity contribution < 1.29 is 23.8 Å². The van der Waals surface area contributed by atoms with Crippen LogP contribution in [0.2, 0.25) is 0 Å². The minimum absolute atomic E-state index is 0.0383. The van der Waals surface area contributed by atoms with Gasteiger partial charge in [-0.2, -0.15) is 0 Å². The van der Waals surface area contributed by atoms with E-state index >= 15 is 0 Å². The quantitative estimate of drug-likeness (QED) is 0.401.